The highest BCUT2D eigenvalue weighted by molar-refractivity contribution is 6.68. The van der Waals surface area contributed by atoms with Crippen LogP contribution in [0.1, 0.15) is 10.4 Å². The van der Waals surface area contributed by atoms with Crippen molar-refractivity contribution in [3.8, 4) is 5.75 Å². The molecule has 0 fully saturated rings. The van der Waals surface area contributed by atoms with Gasteiger partial charge in [-0.25, -0.2) is 4.39 Å². The molecule has 1 rings (SSSR count). The molecule has 1 aromatic rings. The molecule has 0 unspecified atom stereocenters. The van der Waals surface area contributed by atoms with Crippen molar-refractivity contribution in [2.45, 2.75) is 0 Å². The van der Waals surface area contributed by atoms with Crippen LogP contribution in [0.2, 0.25) is 0 Å². The van der Waals surface area contributed by atoms with E-state index in [-0.39, 0.29) is 5.56 Å². The van der Waals surface area contributed by atoms with Crippen molar-refractivity contribution >= 4 is 16.8 Å². The SMILES string of the molecule is O=C(Cl)c1ccc(F)cc1O. The zero-order valence-corrected chi connectivity index (χ0v) is 6.10. The molecule has 0 aliphatic heterocycles. The Morgan fingerprint density at radius 2 is 2.18 bits per heavy atom. The summed E-state index contributed by atoms with van der Waals surface area (Å²) in [5.74, 6) is -1.05. The molecule has 0 saturated heterocycles. The number of phenolic OH excluding ortho intramolecular Hbond substituents is 1. The Hall–Kier alpha value is -1.09. The maximum Gasteiger partial charge on any atom is 0.256 e. The van der Waals surface area contributed by atoms with Crippen LogP contribution < -0.4 is 0 Å². The van der Waals surface area contributed by atoms with E-state index in [0.717, 1.165) is 18.2 Å². The van der Waals surface area contributed by atoms with Gasteiger partial charge in [-0.1, -0.05) is 0 Å². The van der Waals surface area contributed by atoms with Gasteiger partial charge in [-0.05, 0) is 23.7 Å². The van der Waals surface area contributed by atoms with E-state index in [1.807, 2.05) is 0 Å². The maximum atomic E-state index is 12.3. The number of phenols is 1. The number of carbonyl (C=O) groups is 1. The van der Waals surface area contributed by atoms with Crippen LogP contribution in [0.4, 0.5) is 4.39 Å². The zero-order valence-electron chi connectivity index (χ0n) is 5.34. The van der Waals surface area contributed by atoms with Crippen LogP contribution >= 0.6 is 11.6 Å². The quantitative estimate of drug-likeness (QED) is 0.661. The van der Waals surface area contributed by atoms with Crippen molar-refractivity contribution in [3.63, 3.8) is 0 Å². The lowest BCUT2D eigenvalue weighted by molar-refractivity contribution is 0.107. The van der Waals surface area contributed by atoms with E-state index in [4.69, 9.17) is 16.7 Å². The summed E-state index contributed by atoms with van der Waals surface area (Å²) in [6.45, 7) is 0. The van der Waals surface area contributed by atoms with E-state index < -0.39 is 16.8 Å². The van der Waals surface area contributed by atoms with E-state index in [2.05, 4.69) is 0 Å². The van der Waals surface area contributed by atoms with Crippen LogP contribution in [0.5, 0.6) is 5.75 Å². The molecular formula is C7H4ClFO2. The smallest absolute Gasteiger partial charge is 0.256 e. The first kappa shape index (κ1) is 8.01. The van der Waals surface area contributed by atoms with Gasteiger partial charge in [0.15, 0.2) is 0 Å². The molecule has 0 aliphatic rings. The standard InChI is InChI=1S/C7H4ClFO2/c8-7(11)5-2-1-4(9)3-6(5)10/h1-3,10H. The molecular weight excluding hydrogens is 171 g/mol. The fourth-order valence-corrected chi connectivity index (χ4v) is 0.831. The topological polar surface area (TPSA) is 37.3 Å². The van der Waals surface area contributed by atoms with Crippen LogP contribution in [0.15, 0.2) is 18.2 Å². The number of halogens is 2. The van der Waals surface area contributed by atoms with Gasteiger partial charge in [-0.2, -0.15) is 0 Å². The molecule has 0 spiro atoms. The van der Waals surface area contributed by atoms with Crippen molar-refractivity contribution in [2.24, 2.45) is 0 Å². The lowest BCUT2D eigenvalue weighted by Crippen LogP contribution is -1.89. The van der Waals surface area contributed by atoms with Gasteiger partial charge in [0.1, 0.15) is 11.6 Å². The lowest BCUT2D eigenvalue weighted by atomic mass is 10.2. The highest BCUT2D eigenvalue weighted by Crippen LogP contribution is 2.19. The molecule has 0 heterocycles. The Balaban J connectivity index is 3.20. The van der Waals surface area contributed by atoms with Crippen LogP contribution in [0.25, 0.3) is 0 Å². The fraction of sp³-hybridized carbons (Fsp3) is 0. The Morgan fingerprint density at radius 3 is 2.64 bits per heavy atom. The molecule has 0 aliphatic carbocycles. The van der Waals surface area contributed by atoms with Gasteiger partial charge in [0.25, 0.3) is 5.24 Å². The van der Waals surface area contributed by atoms with E-state index in [1.54, 1.807) is 0 Å². The van der Waals surface area contributed by atoms with Crippen LogP contribution in [-0.4, -0.2) is 10.3 Å². The molecule has 58 valence electrons. The average molecular weight is 175 g/mol. The van der Waals surface area contributed by atoms with Crippen molar-refractivity contribution in [1.29, 1.82) is 0 Å². The van der Waals surface area contributed by atoms with E-state index in [1.165, 1.54) is 0 Å². The molecule has 0 amide bonds. The van der Waals surface area contributed by atoms with E-state index in [9.17, 15) is 9.18 Å². The number of benzene rings is 1. The first-order valence-corrected chi connectivity index (χ1v) is 3.17. The van der Waals surface area contributed by atoms with Crippen LogP contribution in [-0.2, 0) is 0 Å². The van der Waals surface area contributed by atoms with Gasteiger partial charge in [0.2, 0.25) is 0 Å². The molecule has 1 aromatic carbocycles. The zero-order chi connectivity index (χ0) is 8.43. The third-order valence-electron chi connectivity index (χ3n) is 1.17. The number of carbonyl (C=O) groups excluding carboxylic acids is 1. The Morgan fingerprint density at radius 1 is 1.55 bits per heavy atom. The summed E-state index contributed by atoms with van der Waals surface area (Å²) in [4.78, 5) is 10.5. The lowest BCUT2D eigenvalue weighted by Gasteiger charge is -1.96. The predicted octanol–water partition coefficient (Wildman–Crippen LogP) is 1.91. The van der Waals surface area contributed by atoms with Gasteiger partial charge < -0.3 is 5.11 Å². The minimum Gasteiger partial charge on any atom is -0.507 e. The molecule has 0 bridgehead atoms. The van der Waals surface area contributed by atoms with E-state index in [0.29, 0.717) is 0 Å². The fourth-order valence-electron chi connectivity index (χ4n) is 0.671. The van der Waals surface area contributed by atoms with Crippen molar-refractivity contribution < 1.29 is 14.3 Å². The van der Waals surface area contributed by atoms with Gasteiger partial charge in [0.05, 0.1) is 5.56 Å². The summed E-state index contributed by atoms with van der Waals surface area (Å²) < 4.78 is 12.3. The molecule has 4 heteroatoms. The van der Waals surface area contributed by atoms with Gasteiger partial charge in [0, 0.05) is 6.07 Å². The second-order valence-electron chi connectivity index (χ2n) is 1.94. The van der Waals surface area contributed by atoms with Crippen LogP contribution in [0.3, 0.4) is 0 Å². The number of rotatable bonds is 1. The Kier molecular flexibility index (Phi) is 2.10. The predicted molar refractivity (Wildman–Crippen MR) is 38.2 cm³/mol. The van der Waals surface area contributed by atoms with Crippen molar-refractivity contribution in [2.75, 3.05) is 0 Å². The second kappa shape index (κ2) is 2.88. The largest absolute Gasteiger partial charge is 0.507 e. The van der Waals surface area contributed by atoms with E-state index >= 15 is 0 Å². The minimum atomic E-state index is -0.803. The summed E-state index contributed by atoms with van der Waals surface area (Å²) in [5.41, 5.74) is -0.0898. The number of aromatic hydroxyl groups is 1. The number of hydrogen-bond acceptors (Lipinski definition) is 2. The molecule has 0 aromatic heterocycles. The minimum absolute atomic E-state index is 0.0898. The van der Waals surface area contributed by atoms with Crippen molar-refractivity contribution in [3.05, 3.63) is 29.6 Å². The molecule has 1 N–H and O–H groups in total. The normalized spacial score (nSPS) is 9.64. The molecule has 0 radical (unpaired) electrons. The average Bonchev–Trinajstić information content (AvgIpc) is 1.85. The summed E-state index contributed by atoms with van der Waals surface area (Å²) in [6.07, 6.45) is 0. The Labute approximate surface area is 67.2 Å². The monoisotopic (exact) mass is 174 g/mol. The van der Waals surface area contributed by atoms with Gasteiger partial charge in [-0.3, -0.25) is 4.79 Å². The summed E-state index contributed by atoms with van der Waals surface area (Å²) in [5, 5.41) is 8.11. The summed E-state index contributed by atoms with van der Waals surface area (Å²) >= 11 is 5.04. The molecule has 0 atom stereocenters. The maximum absolute atomic E-state index is 12.3. The third kappa shape index (κ3) is 1.68. The van der Waals surface area contributed by atoms with Crippen molar-refractivity contribution in [1.82, 2.24) is 0 Å². The molecule has 11 heavy (non-hydrogen) atoms. The highest BCUT2D eigenvalue weighted by atomic mass is 35.5. The van der Waals surface area contributed by atoms with Gasteiger partial charge >= 0.3 is 0 Å². The second-order valence-corrected chi connectivity index (χ2v) is 2.28. The first-order chi connectivity index (χ1) is 5.11. The van der Waals surface area contributed by atoms with Crippen LogP contribution in [0, 0.1) is 5.82 Å². The summed E-state index contributed by atoms with van der Waals surface area (Å²) in [6, 6.07) is 3.00. The number of hydrogen-bond donors (Lipinski definition) is 1. The first-order valence-electron chi connectivity index (χ1n) is 2.79. The Bertz CT molecular complexity index is 298. The molecule has 2 nitrogen and oxygen atoms in total. The third-order valence-corrected chi connectivity index (χ3v) is 1.38. The summed E-state index contributed by atoms with van der Waals surface area (Å²) in [7, 11) is 0. The molecule has 0 saturated carbocycles. The van der Waals surface area contributed by atoms with Gasteiger partial charge in [-0.15, -0.1) is 0 Å². The highest BCUT2D eigenvalue weighted by Gasteiger charge is 2.07.